The number of benzene rings is 1. The molecule has 0 radical (unpaired) electrons. The molecule has 1 aromatic rings. The van der Waals surface area contributed by atoms with Crippen molar-refractivity contribution in [1.29, 1.82) is 0 Å². The van der Waals surface area contributed by atoms with Gasteiger partial charge in [0.2, 0.25) is 5.91 Å². The average molecular weight is 270 g/mol. The lowest BCUT2D eigenvalue weighted by molar-refractivity contribution is -0.120. The van der Waals surface area contributed by atoms with Crippen molar-refractivity contribution in [2.45, 2.75) is 19.5 Å². The molecule has 19 heavy (non-hydrogen) atoms. The first kappa shape index (κ1) is 13.7. The van der Waals surface area contributed by atoms with E-state index in [2.05, 4.69) is 15.4 Å². The van der Waals surface area contributed by atoms with E-state index in [-0.39, 0.29) is 17.6 Å². The standard InChI is InChI=1S/C13H16F2N2O2/c14-13(15)19-11-3-1-10(2-4-11)17-12(18)9-5-7-16-8-6-9/h1-4,9,13,16H,5-8H2,(H,17,18). The Kier molecular flexibility index (Phi) is 4.68. The molecule has 0 aliphatic carbocycles. The van der Waals surface area contributed by atoms with E-state index in [0.29, 0.717) is 5.69 Å². The number of nitrogens with one attached hydrogen (secondary N) is 2. The summed E-state index contributed by atoms with van der Waals surface area (Å²) in [5.74, 6) is 0.0668. The van der Waals surface area contributed by atoms with Crippen LogP contribution in [0, 0.1) is 5.92 Å². The molecule has 0 unspecified atom stereocenters. The van der Waals surface area contributed by atoms with Gasteiger partial charge in [-0.2, -0.15) is 8.78 Å². The Balaban J connectivity index is 1.89. The molecule has 1 heterocycles. The molecule has 1 aliphatic heterocycles. The minimum atomic E-state index is -2.84. The zero-order valence-corrected chi connectivity index (χ0v) is 10.4. The molecule has 0 spiro atoms. The fourth-order valence-electron chi connectivity index (χ4n) is 2.05. The number of hydrogen-bond donors (Lipinski definition) is 2. The van der Waals surface area contributed by atoms with Gasteiger partial charge in [-0.25, -0.2) is 0 Å². The third kappa shape index (κ3) is 4.17. The van der Waals surface area contributed by atoms with Crippen LogP contribution in [-0.4, -0.2) is 25.6 Å². The molecule has 6 heteroatoms. The Bertz CT molecular complexity index is 417. The van der Waals surface area contributed by atoms with E-state index in [1.54, 1.807) is 12.1 Å². The van der Waals surface area contributed by atoms with E-state index in [9.17, 15) is 13.6 Å². The zero-order valence-electron chi connectivity index (χ0n) is 10.4. The predicted octanol–water partition coefficient (Wildman–Crippen LogP) is 2.23. The molecule has 4 nitrogen and oxygen atoms in total. The highest BCUT2D eigenvalue weighted by Crippen LogP contribution is 2.19. The fraction of sp³-hybridized carbons (Fsp3) is 0.462. The van der Waals surface area contributed by atoms with Crippen LogP contribution < -0.4 is 15.4 Å². The number of carbonyl (C=O) groups excluding carboxylic acids is 1. The summed E-state index contributed by atoms with van der Waals surface area (Å²) in [5, 5.41) is 5.97. The number of carbonyl (C=O) groups is 1. The largest absolute Gasteiger partial charge is 0.435 e. The molecule has 0 saturated carbocycles. The van der Waals surface area contributed by atoms with Gasteiger partial charge < -0.3 is 15.4 Å². The van der Waals surface area contributed by atoms with Crippen LogP contribution in [0.2, 0.25) is 0 Å². The van der Waals surface area contributed by atoms with Gasteiger partial charge in [0.15, 0.2) is 0 Å². The highest BCUT2D eigenvalue weighted by molar-refractivity contribution is 5.92. The number of piperidine rings is 1. The van der Waals surface area contributed by atoms with Crippen LogP contribution in [0.15, 0.2) is 24.3 Å². The second kappa shape index (κ2) is 6.47. The van der Waals surface area contributed by atoms with E-state index in [1.165, 1.54) is 12.1 Å². The second-order valence-electron chi connectivity index (χ2n) is 4.42. The third-order valence-corrected chi connectivity index (χ3v) is 3.06. The quantitative estimate of drug-likeness (QED) is 0.882. The average Bonchev–Trinajstić information content (AvgIpc) is 2.41. The van der Waals surface area contributed by atoms with Crippen molar-refractivity contribution < 1.29 is 18.3 Å². The lowest BCUT2D eigenvalue weighted by Crippen LogP contribution is -2.34. The summed E-state index contributed by atoms with van der Waals surface area (Å²) in [7, 11) is 0. The van der Waals surface area contributed by atoms with Gasteiger partial charge in [0.25, 0.3) is 0 Å². The highest BCUT2D eigenvalue weighted by Gasteiger charge is 2.20. The Labute approximate surface area is 110 Å². The van der Waals surface area contributed by atoms with E-state index < -0.39 is 6.61 Å². The molecule has 1 amide bonds. The molecule has 1 fully saturated rings. The molecule has 2 rings (SSSR count). The maximum absolute atomic E-state index is 12.0. The molecule has 2 N–H and O–H groups in total. The van der Waals surface area contributed by atoms with Crippen LogP contribution in [0.3, 0.4) is 0 Å². The SMILES string of the molecule is O=C(Nc1ccc(OC(F)F)cc1)C1CCNCC1. The van der Waals surface area contributed by atoms with Crippen molar-refractivity contribution in [1.82, 2.24) is 5.32 Å². The minimum Gasteiger partial charge on any atom is -0.435 e. The molecule has 1 saturated heterocycles. The molecular weight excluding hydrogens is 254 g/mol. The number of amides is 1. The maximum Gasteiger partial charge on any atom is 0.387 e. The second-order valence-corrected chi connectivity index (χ2v) is 4.42. The smallest absolute Gasteiger partial charge is 0.387 e. The van der Waals surface area contributed by atoms with Gasteiger partial charge in [-0.15, -0.1) is 0 Å². The topological polar surface area (TPSA) is 50.4 Å². The fourth-order valence-corrected chi connectivity index (χ4v) is 2.05. The normalized spacial score (nSPS) is 16.4. The molecule has 0 bridgehead atoms. The van der Waals surface area contributed by atoms with Crippen molar-refractivity contribution in [2.75, 3.05) is 18.4 Å². The summed E-state index contributed by atoms with van der Waals surface area (Å²) in [5.41, 5.74) is 0.588. The van der Waals surface area contributed by atoms with E-state index >= 15 is 0 Å². The highest BCUT2D eigenvalue weighted by atomic mass is 19.3. The van der Waals surface area contributed by atoms with E-state index in [1.807, 2.05) is 0 Å². The molecule has 1 aliphatic rings. The van der Waals surface area contributed by atoms with E-state index in [0.717, 1.165) is 25.9 Å². The van der Waals surface area contributed by atoms with Gasteiger partial charge in [-0.05, 0) is 50.2 Å². The lowest BCUT2D eigenvalue weighted by Gasteiger charge is -2.21. The maximum atomic E-state index is 12.0. The van der Waals surface area contributed by atoms with Crippen molar-refractivity contribution in [3.8, 4) is 5.75 Å². The van der Waals surface area contributed by atoms with Gasteiger partial charge in [0.05, 0.1) is 0 Å². The van der Waals surface area contributed by atoms with Crippen molar-refractivity contribution >= 4 is 11.6 Å². The number of anilines is 1. The Hall–Kier alpha value is -1.69. The van der Waals surface area contributed by atoms with Crippen molar-refractivity contribution in [3.05, 3.63) is 24.3 Å². The zero-order chi connectivity index (χ0) is 13.7. The van der Waals surface area contributed by atoms with Crippen LogP contribution in [0.25, 0.3) is 0 Å². The number of rotatable bonds is 4. The first-order valence-corrected chi connectivity index (χ1v) is 6.21. The van der Waals surface area contributed by atoms with Crippen LogP contribution in [-0.2, 0) is 4.79 Å². The first-order valence-electron chi connectivity index (χ1n) is 6.21. The summed E-state index contributed by atoms with van der Waals surface area (Å²) in [6.07, 6.45) is 1.64. The molecular formula is C13H16F2N2O2. The van der Waals surface area contributed by atoms with Gasteiger partial charge in [-0.3, -0.25) is 4.79 Å². The Morgan fingerprint density at radius 3 is 2.47 bits per heavy atom. The van der Waals surface area contributed by atoms with Gasteiger partial charge in [0, 0.05) is 11.6 Å². The third-order valence-electron chi connectivity index (χ3n) is 3.06. The lowest BCUT2D eigenvalue weighted by atomic mass is 9.97. The molecule has 0 atom stereocenters. The summed E-state index contributed by atoms with van der Waals surface area (Å²) >= 11 is 0. The Morgan fingerprint density at radius 1 is 1.26 bits per heavy atom. The van der Waals surface area contributed by atoms with Crippen LogP contribution in [0.4, 0.5) is 14.5 Å². The van der Waals surface area contributed by atoms with Crippen molar-refractivity contribution in [2.24, 2.45) is 5.92 Å². The predicted molar refractivity (Wildman–Crippen MR) is 67.3 cm³/mol. The summed E-state index contributed by atoms with van der Waals surface area (Å²) < 4.78 is 28.2. The van der Waals surface area contributed by atoms with Crippen LogP contribution in [0.1, 0.15) is 12.8 Å². The minimum absolute atomic E-state index is 0.0123. The number of hydrogen-bond acceptors (Lipinski definition) is 3. The van der Waals surface area contributed by atoms with Gasteiger partial charge in [0.1, 0.15) is 5.75 Å². The monoisotopic (exact) mass is 270 g/mol. The van der Waals surface area contributed by atoms with Crippen molar-refractivity contribution in [3.63, 3.8) is 0 Å². The van der Waals surface area contributed by atoms with Crippen LogP contribution in [0.5, 0.6) is 5.75 Å². The summed E-state index contributed by atoms with van der Waals surface area (Å²) in [6.45, 7) is -1.14. The summed E-state index contributed by atoms with van der Waals surface area (Å²) in [4.78, 5) is 11.9. The van der Waals surface area contributed by atoms with Crippen LogP contribution >= 0.6 is 0 Å². The number of halogens is 2. The molecule has 0 aromatic heterocycles. The summed E-state index contributed by atoms with van der Waals surface area (Å²) in [6, 6.07) is 5.92. The van der Waals surface area contributed by atoms with Gasteiger partial charge >= 0.3 is 6.61 Å². The van der Waals surface area contributed by atoms with E-state index in [4.69, 9.17) is 0 Å². The van der Waals surface area contributed by atoms with Gasteiger partial charge in [-0.1, -0.05) is 0 Å². The first-order chi connectivity index (χ1) is 9.15. The Morgan fingerprint density at radius 2 is 1.89 bits per heavy atom. The number of ether oxygens (including phenoxy) is 1. The molecule has 1 aromatic carbocycles. The molecule has 104 valence electrons. The number of alkyl halides is 2.